The van der Waals surface area contributed by atoms with E-state index in [1.165, 1.54) is 70.6 Å². The smallest absolute Gasteiger partial charge is 0.313 e. The van der Waals surface area contributed by atoms with Crippen molar-refractivity contribution in [3.05, 3.63) is 12.2 Å². The van der Waals surface area contributed by atoms with E-state index in [1.807, 2.05) is 0 Å². The van der Waals surface area contributed by atoms with Crippen LogP contribution in [0.2, 0.25) is 0 Å². The number of carbonyl (C=O) groups excluding carboxylic acids is 2. The minimum atomic E-state index is -0.620. The molecule has 0 N–H and O–H groups in total. The molecule has 0 aliphatic heterocycles. The summed E-state index contributed by atoms with van der Waals surface area (Å²) in [6.07, 6.45) is 26.5. The van der Waals surface area contributed by atoms with E-state index in [0.29, 0.717) is 5.92 Å². The number of rotatable bonds is 7. The Bertz CT molecular complexity index is 818. The summed E-state index contributed by atoms with van der Waals surface area (Å²) in [5, 5.41) is 0. The second-order valence-corrected chi connectivity index (χ2v) is 14.7. The van der Waals surface area contributed by atoms with E-state index in [1.54, 1.807) is 0 Å². The number of hydrogen-bond acceptors (Lipinski definition) is 4. The number of carbonyl (C=O) groups is 2. The van der Waals surface area contributed by atoms with Gasteiger partial charge in [0.25, 0.3) is 0 Å². The van der Waals surface area contributed by atoms with Gasteiger partial charge in [-0.25, -0.2) is 0 Å². The Morgan fingerprint density at radius 1 is 0.641 bits per heavy atom. The molecular formula is C35H56O4. The molecule has 4 fully saturated rings. The summed E-state index contributed by atoms with van der Waals surface area (Å²) in [5.41, 5.74) is -0.620. The fourth-order valence-electron chi connectivity index (χ4n) is 8.81. The Morgan fingerprint density at radius 2 is 1.21 bits per heavy atom. The van der Waals surface area contributed by atoms with Gasteiger partial charge in [-0.1, -0.05) is 58.1 Å². The number of esters is 2. The number of ether oxygens (including phenoxy) is 2. The Morgan fingerprint density at radius 3 is 1.77 bits per heavy atom. The van der Waals surface area contributed by atoms with Gasteiger partial charge in [0.1, 0.15) is 12.2 Å². The zero-order valence-corrected chi connectivity index (χ0v) is 25.0. The SMILES string of the molecule is CC1CCC(C2C=CC(C(=O)OC3(COC(=O)C4CCC(C5CCC(C)CC5)CC4)CCCCC3)CC2)CC1. The van der Waals surface area contributed by atoms with Gasteiger partial charge >= 0.3 is 11.9 Å². The zero-order chi connectivity index (χ0) is 27.2. The summed E-state index contributed by atoms with van der Waals surface area (Å²) >= 11 is 0. The lowest BCUT2D eigenvalue weighted by atomic mass is 9.69. The minimum absolute atomic E-state index is 0.0288. The number of allylic oxidation sites excluding steroid dienone is 1. The second-order valence-electron chi connectivity index (χ2n) is 14.7. The fraction of sp³-hybridized carbons (Fsp3) is 0.886. The van der Waals surface area contributed by atoms with Crippen molar-refractivity contribution in [2.24, 2.45) is 47.3 Å². The molecule has 5 rings (SSSR count). The third kappa shape index (κ3) is 7.70. The van der Waals surface area contributed by atoms with Gasteiger partial charge in [-0.2, -0.15) is 0 Å². The van der Waals surface area contributed by atoms with Crippen molar-refractivity contribution in [1.82, 2.24) is 0 Å². The Kier molecular flexibility index (Phi) is 10.1. The molecule has 0 aromatic rings. The first-order chi connectivity index (χ1) is 18.9. The van der Waals surface area contributed by atoms with E-state index < -0.39 is 5.60 Å². The molecule has 0 amide bonds. The molecule has 5 aliphatic carbocycles. The van der Waals surface area contributed by atoms with Gasteiger partial charge in [-0.05, 0) is 125 Å². The highest BCUT2D eigenvalue weighted by Crippen LogP contribution is 2.42. The van der Waals surface area contributed by atoms with Crippen molar-refractivity contribution in [2.45, 2.75) is 141 Å². The maximum absolute atomic E-state index is 13.3. The van der Waals surface area contributed by atoms with Crippen LogP contribution < -0.4 is 0 Å². The van der Waals surface area contributed by atoms with Gasteiger partial charge in [0.15, 0.2) is 0 Å². The fourth-order valence-corrected chi connectivity index (χ4v) is 8.81. The molecule has 2 unspecified atom stereocenters. The largest absolute Gasteiger partial charge is 0.461 e. The van der Waals surface area contributed by atoms with Crippen LogP contribution in [0.25, 0.3) is 0 Å². The molecule has 39 heavy (non-hydrogen) atoms. The lowest BCUT2D eigenvalue weighted by Crippen LogP contribution is -2.44. The van der Waals surface area contributed by atoms with Crippen molar-refractivity contribution >= 4 is 11.9 Å². The monoisotopic (exact) mass is 540 g/mol. The van der Waals surface area contributed by atoms with Crippen molar-refractivity contribution in [1.29, 1.82) is 0 Å². The van der Waals surface area contributed by atoms with E-state index in [9.17, 15) is 9.59 Å². The van der Waals surface area contributed by atoms with Crippen LogP contribution in [-0.2, 0) is 19.1 Å². The molecule has 0 radical (unpaired) electrons. The Labute approximate surface area is 238 Å². The highest BCUT2D eigenvalue weighted by atomic mass is 16.6. The molecule has 0 aromatic heterocycles. The van der Waals surface area contributed by atoms with Crippen molar-refractivity contribution < 1.29 is 19.1 Å². The standard InChI is InChI=1S/C35H56O4/c1-25-6-10-27(11-7-25)29-14-18-31(19-15-29)33(36)38-24-35(22-4-3-5-23-35)39-34(37)32-20-16-30(17-21-32)28-12-8-26(2)9-13-28/h16,20,25-32H,3-15,17-19,21-24H2,1-2H3. The van der Waals surface area contributed by atoms with Gasteiger partial charge in [0.2, 0.25) is 0 Å². The van der Waals surface area contributed by atoms with Crippen LogP contribution in [0.3, 0.4) is 0 Å². The average Bonchev–Trinajstić information content (AvgIpc) is 2.97. The minimum Gasteiger partial charge on any atom is -0.461 e. The third-order valence-corrected chi connectivity index (χ3v) is 11.8. The summed E-state index contributed by atoms with van der Waals surface area (Å²) in [4.78, 5) is 26.5. The first-order valence-corrected chi connectivity index (χ1v) is 17.0. The summed E-state index contributed by atoms with van der Waals surface area (Å²) in [5.74, 6) is 4.61. The maximum Gasteiger partial charge on any atom is 0.313 e. The first kappa shape index (κ1) is 29.2. The van der Waals surface area contributed by atoms with E-state index in [2.05, 4.69) is 26.0 Å². The first-order valence-electron chi connectivity index (χ1n) is 17.0. The van der Waals surface area contributed by atoms with Crippen LogP contribution in [-0.4, -0.2) is 24.1 Å². The molecular weight excluding hydrogens is 484 g/mol. The molecule has 5 aliphatic rings. The van der Waals surface area contributed by atoms with Crippen molar-refractivity contribution in [3.8, 4) is 0 Å². The van der Waals surface area contributed by atoms with Crippen LogP contribution in [0, 0.1) is 47.3 Å². The second kappa shape index (κ2) is 13.6. The number of hydrogen-bond donors (Lipinski definition) is 0. The Balaban J connectivity index is 1.09. The molecule has 4 saturated carbocycles. The molecule has 0 spiro atoms. The van der Waals surface area contributed by atoms with Crippen LogP contribution in [0.1, 0.15) is 136 Å². The quantitative estimate of drug-likeness (QED) is 0.239. The molecule has 0 saturated heterocycles. The predicted octanol–water partition coefficient (Wildman–Crippen LogP) is 8.82. The van der Waals surface area contributed by atoms with Gasteiger partial charge in [0.05, 0.1) is 11.8 Å². The van der Waals surface area contributed by atoms with Crippen LogP contribution in [0.4, 0.5) is 0 Å². The van der Waals surface area contributed by atoms with E-state index in [4.69, 9.17) is 9.47 Å². The molecule has 4 nitrogen and oxygen atoms in total. The van der Waals surface area contributed by atoms with Gasteiger partial charge < -0.3 is 9.47 Å². The van der Waals surface area contributed by atoms with Gasteiger partial charge in [-0.15, -0.1) is 0 Å². The van der Waals surface area contributed by atoms with Gasteiger partial charge in [-0.3, -0.25) is 9.59 Å². The maximum atomic E-state index is 13.3. The highest BCUT2D eigenvalue weighted by molar-refractivity contribution is 5.75. The molecule has 220 valence electrons. The predicted molar refractivity (Wildman–Crippen MR) is 156 cm³/mol. The van der Waals surface area contributed by atoms with Crippen molar-refractivity contribution in [2.75, 3.05) is 6.61 Å². The third-order valence-electron chi connectivity index (χ3n) is 11.8. The van der Waals surface area contributed by atoms with Gasteiger partial charge in [0, 0.05) is 0 Å². The van der Waals surface area contributed by atoms with Crippen molar-refractivity contribution in [3.63, 3.8) is 0 Å². The highest BCUT2D eigenvalue weighted by Gasteiger charge is 2.41. The van der Waals surface area contributed by atoms with E-state index >= 15 is 0 Å². The lowest BCUT2D eigenvalue weighted by Gasteiger charge is -2.39. The van der Waals surface area contributed by atoms with Crippen LogP contribution in [0.15, 0.2) is 12.2 Å². The normalized spacial score (nSPS) is 39.0. The Hall–Kier alpha value is -1.32. The van der Waals surface area contributed by atoms with Crippen LogP contribution in [0.5, 0.6) is 0 Å². The summed E-state index contributed by atoms with van der Waals surface area (Å²) in [6, 6.07) is 0. The zero-order valence-electron chi connectivity index (χ0n) is 25.0. The lowest BCUT2D eigenvalue weighted by molar-refractivity contribution is -0.182. The van der Waals surface area contributed by atoms with E-state index in [-0.39, 0.29) is 30.4 Å². The summed E-state index contributed by atoms with van der Waals surface area (Å²) in [7, 11) is 0. The summed E-state index contributed by atoms with van der Waals surface area (Å²) < 4.78 is 12.3. The molecule has 0 aromatic carbocycles. The van der Waals surface area contributed by atoms with Crippen LogP contribution >= 0.6 is 0 Å². The van der Waals surface area contributed by atoms with E-state index in [0.717, 1.165) is 81.0 Å². The average molecular weight is 541 g/mol. The summed E-state index contributed by atoms with van der Waals surface area (Å²) in [6.45, 7) is 5.01. The molecule has 0 heterocycles. The molecule has 4 heteroatoms. The molecule has 2 atom stereocenters. The molecule has 0 bridgehead atoms. The topological polar surface area (TPSA) is 52.6 Å².